The number of nitrogens with zero attached hydrogens (tertiary/aromatic N) is 1. The molecule has 21 heavy (non-hydrogen) atoms. The highest BCUT2D eigenvalue weighted by molar-refractivity contribution is 5.82. The summed E-state index contributed by atoms with van der Waals surface area (Å²) in [6.45, 7) is 5.55. The van der Waals surface area contributed by atoms with Gasteiger partial charge in [0, 0.05) is 19.6 Å². The third kappa shape index (κ3) is 3.63. The van der Waals surface area contributed by atoms with Crippen molar-refractivity contribution in [2.24, 2.45) is 17.1 Å². The highest BCUT2D eigenvalue weighted by Crippen LogP contribution is 2.31. The van der Waals surface area contributed by atoms with Crippen molar-refractivity contribution >= 4 is 5.91 Å². The van der Waals surface area contributed by atoms with Crippen LogP contribution in [0.2, 0.25) is 0 Å². The molecule has 1 aromatic carbocycles. The molecule has 1 aliphatic heterocycles. The Kier molecular flexibility index (Phi) is 5.01. The van der Waals surface area contributed by atoms with E-state index in [1.54, 1.807) is 0 Å². The van der Waals surface area contributed by atoms with Crippen LogP contribution in [0, 0.1) is 11.3 Å². The van der Waals surface area contributed by atoms with Crippen LogP contribution in [0.4, 0.5) is 0 Å². The number of aliphatic hydroxyl groups is 1. The van der Waals surface area contributed by atoms with Crippen molar-refractivity contribution in [3.8, 4) is 0 Å². The van der Waals surface area contributed by atoms with Gasteiger partial charge in [-0.1, -0.05) is 30.3 Å². The van der Waals surface area contributed by atoms with E-state index in [1.807, 2.05) is 49.1 Å². The Hall–Kier alpha value is -1.39. The van der Waals surface area contributed by atoms with Crippen molar-refractivity contribution in [1.82, 2.24) is 4.90 Å². The molecule has 0 radical (unpaired) electrons. The SMILES string of the molecule is CC(C)(CN)C(=O)N1CCC(C(O)c2ccccc2)CC1. The predicted octanol–water partition coefficient (Wildman–Crippen LogP) is 1.94. The normalized spacial score (nSPS) is 18.6. The third-order valence-electron chi connectivity index (χ3n) is 4.50. The van der Waals surface area contributed by atoms with Gasteiger partial charge in [-0.15, -0.1) is 0 Å². The van der Waals surface area contributed by atoms with Crippen LogP contribution in [0.1, 0.15) is 38.4 Å². The fraction of sp³-hybridized carbons (Fsp3) is 0.588. The van der Waals surface area contributed by atoms with Crippen LogP contribution in [0.15, 0.2) is 30.3 Å². The maximum atomic E-state index is 12.4. The van der Waals surface area contributed by atoms with Gasteiger partial charge in [0.1, 0.15) is 0 Å². The van der Waals surface area contributed by atoms with Gasteiger partial charge in [0.25, 0.3) is 0 Å². The molecule has 2 rings (SSSR count). The molecule has 1 saturated heterocycles. The summed E-state index contributed by atoms with van der Waals surface area (Å²) >= 11 is 0. The average Bonchev–Trinajstić information content (AvgIpc) is 2.54. The summed E-state index contributed by atoms with van der Waals surface area (Å²) in [6, 6.07) is 9.76. The Labute approximate surface area is 126 Å². The van der Waals surface area contributed by atoms with E-state index in [9.17, 15) is 9.90 Å². The Morgan fingerprint density at radius 2 is 1.90 bits per heavy atom. The molecule has 0 bridgehead atoms. The zero-order valence-corrected chi connectivity index (χ0v) is 13.0. The summed E-state index contributed by atoms with van der Waals surface area (Å²) < 4.78 is 0. The predicted molar refractivity (Wildman–Crippen MR) is 83.5 cm³/mol. The van der Waals surface area contributed by atoms with E-state index in [4.69, 9.17) is 5.73 Å². The molecule has 1 unspecified atom stereocenters. The van der Waals surface area contributed by atoms with Gasteiger partial charge in [-0.05, 0) is 38.2 Å². The van der Waals surface area contributed by atoms with Crippen LogP contribution < -0.4 is 5.73 Å². The standard InChI is InChI=1S/C17H26N2O2/c1-17(2,12-18)16(21)19-10-8-14(9-11-19)15(20)13-6-4-3-5-7-13/h3-7,14-15,20H,8-12,18H2,1-2H3. The number of benzene rings is 1. The van der Waals surface area contributed by atoms with Gasteiger partial charge in [-0.2, -0.15) is 0 Å². The van der Waals surface area contributed by atoms with E-state index < -0.39 is 11.5 Å². The topological polar surface area (TPSA) is 66.6 Å². The fourth-order valence-corrected chi connectivity index (χ4v) is 2.86. The van der Waals surface area contributed by atoms with Gasteiger partial charge in [0.05, 0.1) is 11.5 Å². The number of likely N-dealkylation sites (tertiary alicyclic amines) is 1. The number of hydrogen-bond donors (Lipinski definition) is 2. The molecule has 1 atom stereocenters. The van der Waals surface area contributed by atoms with Crippen LogP contribution in [0.25, 0.3) is 0 Å². The summed E-state index contributed by atoms with van der Waals surface area (Å²) in [5, 5.41) is 10.5. The quantitative estimate of drug-likeness (QED) is 0.890. The first-order valence-electron chi connectivity index (χ1n) is 7.68. The summed E-state index contributed by atoms with van der Waals surface area (Å²) in [5.74, 6) is 0.343. The summed E-state index contributed by atoms with van der Waals surface area (Å²) in [5.41, 5.74) is 6.15. The van der Waals surface area contributed by atoms with E-state index in [0.717, 1.165) is 18.4 Å². The summed E-state index contributed by atoms with van der Waals surface area (Å²) in [6.07, 6.45) is 1.23. The number of amides is 1. The van der Waals surface area contributed by atoms with Gasteiger partial charge in [-0.25, -0.2) is 0 Å². The molecule has 1 amide bonds. The summed E-state index contributed by atoms with van der Waals surface area (Å²) in [7, 11) is 0. The molecule has 0 spiro atoms. The van der Waals surface area contributed by atoms with Crippen molar-refractivity contribution in [3.63, 3.8) is 0 Å². The van der Waals surface area contributed by atoms with Gasteiger partial charge >= 0.3 is 0 Å². The monoisotopic (exact) mass is 290 g/mol. The minimum absolute atomic E-state index is 0.123. The second-order valence-electron chi connectivity index (χ2n) is 6.57. The van der Waals surface area contributed by atoms with Crippen LogP contribution in [0.5, 0.6) is 0 Å². The number of piperidine rings is 1. The zero-order valence-electron chi connectivity index (χ0n) is 13.0. The average molecular weight is 290 g/mol. The zero-order chi connectivity index (χ0) is 15.5. The largest absolute Gasteiger partial charge is 0.388 e. The molecule has 0 aliphatic carbocycles. The van der Waals surface area contributed by atoms with E-state index in [1.165, 1.54) is 0 Å². The lowest BCUT2D eigenvalue weighted by Gasteiger charge is -2.38. The van der Waals surface area contributed by atoms with E-state index >= 15 is 0 Å². The minimum atomic E-state index is -0.495. The summed E-state index contributed by atoms with van der Waals surface area (Å²) in [4.78, 5) is 14.3. The molecule has 4 heteroatoms. The molecule has 1 aliphatic rings. The smallest absolute Gasteiger partial charge is 0.229 e. The first kappa shape index (κ1) is 16.0. The highest BCUT2D eigenvalue weighted by atomic mass is 16.3. The van der Waals surface area contributed by atoms with Crippen molar-refractivity contribution in [3.05, 3.63) is 35.9 Å². The highest BCUT2D eigenvalue weighted by Gasteiger charge is 2.34. The van der Waals surface area contributed by atoms with Crippen molar-refractivity contribution in [1.29, 1.82) is 0 Å². The maximum absolute atomic E-state index is 12.4. The fourth-order valence-electron chi connectivity index (χ4n) is 2.86. The molecule has 3 N–H and O–H groups in total. The number of carbonyl (C=O) groups is 1. The number of aliphatic hydroxyl groups excluding tert-OH is 1. The lowest BCUT2D eigenvalue weighted by molar-refractivity contribution is -0.141. The molecule has 4 nitrogen and oxygen atoms in total. The molecule has 1 heterocycles. The van der Waals surface area contributed by atoms with Crippen molar-refractivity contribution in [2.75, 3.05) is 19.6 Å². The first-order valence-corrected chi connectivity index (χ1v) is 7.68. The lowest BCUT2D eigenvalue weighted by atomic mass is 9.85. The molecular formula is C17H26N2O2. The van der Waals surface area contributed by atoms with Gasteiger partial charge in [0.2, 0.25) is 5.91 Å². The third-order valence-corrected chi connectivity index (χ3v) is 4.50. The minimum Gasteiger partial charge on any atom is -0.388 e. The van der Waals surface area contributed by atoms with Crippen LogP contribution in [-0.4, -0.2) is 35.5 Å². The number of carbonyl (C=O) groups excluding carboxylic acids is 1. The van der Waals surface area contributed by atoms with Crippen molar-refractivity contribution < 1.29 is 9.90 Å². The van der Waals surface area contributed by atoms with Crippen LogP contribution in [0.3, 0.4) is 0 Å². The molecule has 0 saturated carbocycles. The molecule has 1 fully saturated rings. The second kappa shape index (κ2) is 6.58. The molecule has 116 valence electrons. The van der Waals surface area contributed by atoms with E-state index in [-0.39, 0.29) is 11.8 Å². The number of nitrogens with two attached hydrogens (primary N) is 1. The first-order chi connectivity index (χ1) is 9.95. The molecule has 0 aromatic heterocycles. The lowest BCUT2D eigenvalue weighted by Crippen LogP contribution is -2.48. The maximum Gasteiger partial charge on any atom is 0.229 e. The number of hydrogen-bond acceptors (Lipinski definition) is 3. The Bertz CT molecular complexity index is 465. The Morgan fingerprint density at radius 1 is 1.33 bits per heavy atom. The van der Waals surface area contributed by atoms with E-state index in [2.05, 4.69) is 0 Å². The Morgan fingerprint density at radius 3 is 2.43 bits per heavy atom. The van der Waals surface area contributed by atoms with Crippen LogP contribution in [-0.2, 0) is 4.79 Å². The molecular weight excluding hydrogens is 264 g/mol. The molecule has 1 aromatic rings. The number of rotatable bonds is 4. The van der Waals surface area contributed by atoms with Crippen LogP contribution >= 0.6 is 0 Å². The Balaban J connectivity index is 1.93. The van der Waals surface area contributed by atoms with Gasteiger partial charge in [-0.3, -0.25) is 4.79 Å². The van der Waals surface area contributed by atoms with E-state index in [0.29, 0.717) is 19.6 Å². The van der Waals surface area contributed by atoms with Crippen molar-refractivity contribution in [2.45, 2.75) is 32.8 Å². The second-order valence-corrected chi connectivity index (χ2v) is 6.57. The van der Waals surface area contributed by atoms with Gasteiger partial charge in [0.15, 0.2) is 0 Å². The van der Waals surface area contributed by atoms with Gasteiger partial charge < -0.3 is 15.7 Å².